The molecule has 0 saturated heterocycles. The maximum atomic E-state index is 13.7. The Morgan fingerprint density at radius 2 is 1.83 bits per heavy atom. The lowest BCUT2D eigenvalue weighted by Gasteiger charge is -2.20. The van der Waals surface area contributed by atoms with E-state index in [9.17, 15) is 13.6 Å². The highest BCUT2D eigenvalue weighted by molar-refractivity contribution is 5.94. The Labute approximate surface area is 139 Å². The van der Waals surface area contributed by atoms with E-state index in [-0.39, 0.29) is 17.5 Å². The monoisotopic (exact) mass is 333 g/mol. The fraction of sp³-hybridized carbons (Fsp3) is 0.444. The van der Waals surface area contributed by atoms with Crippen LogP contribution in [0.25, 0.3) is 11.1 Å². The van der Waals surface area contributed by atoms with Crippen LogP contribution in [0.4, 0.5) is 8.78 Å². The van der Waals surface area contributed by atoms with Crippen LogP contribution in [0.5, 0.6) is 0 Å². The number of amides is 1. The molecule has 0 unspecified atom stereocenters. The SMILES string of the molecule is O=C(NC1CCCCCCC1)c1cc(-c2ccc(F)nc2F)c[nH]1. The Morgan fingerprint density at radius 1 is 1.12 bits per heavy atom. The highest BCUT2D eigenvalue weighted by Crippen LogP contribution is 2.23. The van der Waals surface area contributed by atoms with Crippen LogP contribution in [0.3, 0.4) is 0 Å². The highest BCUT2D eigenvalue weighted by atomic mass is 19.1. The Kier molecular flexibility index (Phi) is 5.23. The number of H-pyrrole nitrogens is 1. The van der Waals surface area contributed by atoms with Crippen LogP contribution < -0.4 is 5.32 Å². The third-order valence-electron chi connectivity index (χ3n) is 4.49. The summed E-state index contributed by atoms with van der Waals surface area (Å²) in [6, 6.07) is 4.17. The second-order valence-electron chi connectivity index (χ2n) is 6.29. The van der Waals surface area contributed by atoms with Gasteiger partial charge in [-0.3, -0.25) is 4.79 Å². The van der Waals surface area contributed by atoms with Crippen molar-refractivity contribution in [2.24, 2.45) is 0 Å². The molecule has 0 aliphatic heterocycles. The second kappa shape index (κ2) is 7.55. The molecule has 1 aliphatic carbocycles. The minimum atomic E-state index is -0.888. The van der Waals surface area contributed by atoms with Gasteiger partial charge in [0.15, 0.2) is 0 Å². The van der Waals surface area contributed by atoms with E-state index in [1.165, 1.54) is 31.5 Å². The average Bonchev–Trinajstić information content (AvgIpc) is 2.99. The summed E-state index contributed by atoms with van der Waals surface area (Å²) >= 11 is 0. The molecule has 128 valence electrons. The topological polar surface area (TPSA) is 57.8 Å². The number of hydrogen-bond acceptors (Lipinski definition) is 2. The lowest BCUT2D eigenvalue weighted by Crippen LogP contribution is -2.35. The Balaban J connectivity index is 1.69. The van der Waals surface area contributed by atoms with E-state index < -0.39 is 11.9 Å². The molecule has 2 aromatic heterocycles. The van der Waals surface area contributed by atoms with Gasteiger partial charge < -0.3 is 10.3 Å². The molecule has 0 atom stereocenters. The van der Waals surface area contributed by atoms with Gasteiger partial charge in [0.25, 0.3) is 5.91 Å². The molecule has 2 N–H and O–H groups in total. The molecule has 1 saturated carbocycles. The normalized spacial score (nSPS) is 16.4. The summed E-state index contributed by atoms with van der Waals surface area (Å²) in [4.78, 5) is 18.4. The van der Waals surface area contributed by atoms with E-state index in [1.807, 2.05) is 0 Å². The van der Waals surface area contributed by atoms with E-state index in [2.05, 4.69) is 15.3 Å². The minimum Gasteiger partial charge on any atom is -0.357 e. The molecule has 0 spiro atoms. The number of aromatic amines is 1. The minimum absolute atomic E-state index is 0.164. The Morgan fingerprint density at radius 3 is 2.54 bits per heavy atom. The van der Waals surface area contributed by atoms with Crippen molar-refractivity contribution in [2.75, 3.05) is 0 Å². The molecule has 6 heteroatoms. The number of carbonyl (C=O) groups excluding carboxylic acids is 1. The quantitative estimate of drug-likeness (QED) is 0.827. The summed E-state index contributed by atoms with van der Waals surface area (Å²) in [5, 5.41) is 3.05. The molecule has 0 radical (unpaired) electrons. The number of halogens is 2. The van der Waals surface area contributed by atoms with Crippen LogP contribution in [-0.2, 0) is 0 Å². The van der Waals surface area contributed by atoms with Crippen LogP contribution in [0, 0.1) is 11.9 Å². The lowest BCUT2D eigenvalue weighted by molar-refractivity contribution is 0.0926. The van der Waals surface area contributed by atoms with Crippen LogP contribution in [0.1, 0.15) is 55.4 Å². The number of nitrogens with one attached hydrogen (secondary N) is 2. The van der Waals surface area contributed by atoms with Crippen molar-refractivity contribution in [2.45, 2.75) is 51.0 Å². The van der Waals surface area contributed by atoms with Crippen LogP contribution in [0.15, 0.2) is 24.4 Å². The number of aromatic nitrogens is 2. The van der Waals surface area contributed by atoms with Crippen molar-refractivity contribution in [1.82, 2.24) is 15.3 Å². The first-order valence-electron chi connectivity index (χ1n) is 8.45. The maximum Gasteiger partial charge on any atom is 0.267 e. The first-order chi connectivity index (χ1) is 11.6. The summed E-state index contributed by atoms with van der Waals surface area (Å²) in [6.07, 6.45) is 9.50. The predicted molar refractivity (Wildman–Crippen MR) is 87.5 cm³/mol. The zero-order valence-corrected chi connectivity index (χ0v) is 13.4. The molecule has 24 heavy (non-hydrogen) atoms. The molecule has 1 fully saturated rings. The van der Waals surface area contributed by atoms with Crippen molar-refractivity contribution >= 4 is 5.91 Å². The highest BCUT2D eigenvalue weighted by Gasteiger charge is 2.17. The van der Waals surface area contributed by atoms with E-state index in [4.69, 9.17) is 0 Å². The van der Waals surface area contributed by atoms with Crippen LogP contribution >= 0.6 is 0 Å². The first kappa shape index (κ1) is 16.6. The van der Waals surface area contributed by atoms with Crippen LogP contribution in [-0.4, -0.2) is 21.9 Å². The third-order valence-corrected chi connectivity index (χ3v) is 4.49. The Hall–Kier alpha value is -2.24. The molecule has 2 heterocycles. The lowest BCUT2D eigenvalue weighted by atomic mass is 9.96. The summed E-state index contributed by atoms with van der Waals surface area (Å²) in [5.41, 5.74) is 1.01. The van der Waals surface area contributed by atoms with Crippen LogP contribution in [0.2, 0.25) is 0 Å². The molecule has 2 aromatic rings. The average molecular weight is 333 g/mol. The van der Waals surface area contributed by atoms with Crippen molar-refractivity contribution in [3.8, 4) is 11.1 Å². The molecule has 4 nitrogen and oxygen atoms in total. The number of carbonyl (C=O) groups is 1. The fourth-order valence-electron chi connectivity index (χ4n) is 3.17. The molecule has 3 rings (SSSR count). The molecule has 1 amide bonds. The van der Waals surface area contributed by atoms with Crippen molar-refractivity contribution in [3.63, 3.8) is 0 Å². The Bertz CT molecular complexity index is 706. The first-order valence-corrected chi connectivity index (χ1v) is 8.45. The standard InChI is InChI=1S/C18H21F2N3O/c19-16-9-8-14(17(20)23-16)12-10-15(21-11-12)18(24)22-13-6-4-2-1-3-5-7-13/h8-11,13,21H,1-7H2,(H,22,24). The smallest absolute Gasteiger partial charge is 0.267 e. The van der Waals surface area contributed by atoms with Gasteiger partial charge in [-0.1, -0.05) is 32.1 Å². The van der Waals surface area contributed by atoms with E-state index in [0.717, 1.165) is 31.7 Å². The van der Waals surface area contributed by atoms with E-state index in [1.54, 1.807) is 6.07 Å². The van der Waals surface area contributed by atoms with E-state index in [0.29, 0.717) is 11.3 Å². The maximum absolute atomic E-state index is 13.7. The molecule has 0 aromatic carbocycles. The predicted octanol–water partition coefficient (Wildman–Crippen LogP) is 4.20. The molecular formula is C18H21F2N3O. The van der Waals surface area contributed by atoms with Crippen molar-refractivity contribution in [3.05, 3.63) is 42.0 Å². The molecular weight excluding hydrogens is 312 g/mol. The van der Waals surface area contributed by atoms with Crippen molar-refractivity contribution in [1.29, 1.82) is 0 Å². The summed E-state index contributed by atoms with van der Waals surface area (Å²) in [6.45, 7) is 0. The zero-order valence-electron chi connectivity index (χ0n) is 13.4. The van der Waals surface area contributed by atoms with Gasteiger partial charge in [-0.25, -0.2) is 0 Å². The van der Waals surface area contributed by atoms with E-state index >= 15 is 0 Å². The van der Waals surface area contributed by atoms with Gasteiger partial charge in [-0.15, -0.1) is 0 Å². The molecule has 0 bridgehead atoms. The number of rotatable bonds is 3. The summed E-state index contributed by atoms with van der Waals surface area (Å²) in [7, 11) is 0. The van der Waals surface area contributed by atoms with Gasteiger partial charge in [0.05, 0.1) is 0 Å². The largest absolute Gasteiger partial charge is 0.357 e. The molecule has 1 aliphatic rings. The number of hydrogen-bond donors (Lipinski definition) is 2. The van der Waals surface area contributed by atoms with Crippen molar-refractivity contribution < 1.29 is 13.6 Å². The third kappa shape index (κ3) is 3.99. The van der Waals surface area contributed by atoms with Gasteiger partial charge in [-0.05, 0) is 31.0 Å². The van der Waals surface area contributed by atoms with Gasteiger partial charge in [0.2, 0.25) is 11.9 Å². The van der Waals surface area contributed by atoms with Gasteiger partial charge in [0, 0.05) is 23.4 Å². The fourth-order valence-corrected chi connectivity index (χ4v) is 3.17. The van der Waals surface area contributed by atoms with Gasteiger partial charge in [-0.2, -0.15) is 13.8 Å². The number of nitrogens with zero attached hydrogens (tertiary/aromatic N) is 1. The number of pyridine rings is 1. The summed E-state index contributed by atoms with van der Waals surface area (Å²) in [5.74, 6) is -1.95. The zero-order chi connectivity index (χ0) is 16.9. The van der Waals surface area contributed by atoms with Gasteiger partial charge >= 0.3 is 0 Å². The second-order valence-corrected chi connectivity index (χ2v) is 6.29. The van der Waals surface area contributed by atoms with Gasteiger partial charge in [0.1, 0.15) is 5.69 Å². The summed E-state index contributed by atoms with van der Waals surface area (Å²) < 4.78 is 26.6.